The summed E-state index contributed by atoms with van der Waals surface area (Å²) in [5, 5.41) is 2.91. The molecule has 4 heteroatoms. The molecule has 1 heterocycles. The zero-order valence-electron chi connectivity index (χ0n) is 8.94. The minimum atomic E-state index is 0.0262. The maximum atomic E-state index is 11.4. The van der Waals surface area contributed by atoms with Crippen LogP contribution in [0, 0.1) is 0 Å². The summed E-state index contributed by atoms with van der Waals surface area (Å²) in [6, 6.07) is 3.82. The molecule has 4 nitrogen and oxygen atoms in total. The number of nitrogens with one attached hydrogen (secondary N) is 1. The summed E-state index contributed by atoms with van der Waals surface area (Å²) >= 11 is 0. The van der Waals surface area contributed by atoms with Crippen molar-refractivity contribution < 1.29 is 4.79 Å². The Morgan fingerprint density at radius 2 is 2.20 bits per heavy atom. The van der Waals surface area contributed by atoms with E-state index in [1.165, 1.54) is 0 Å². The van der Waals surface area contributed by atoms with Gasteiger partial charge in [0.25, 0.3) is 0 Å². The summed E-state index contributed by atoms with van der Waals surface area (Å²) in [5.41, 5.74) is 6.39. The molecular weight excluding hydrogens is 190 g/mol. The van der Waals surface area contributed by atoms with Crippen molar-refractivity contribution in [1.82, 2.24) is 10.3 Å². The van der Waals surface area contributed by atoms with E-state index in [1.807, 2.05) is 19.1 Å². The SMILES string of the molecule is CC(NC(=O)CCCN)c1ccncc1. The van der Waals surface area contributed by atoms with Crippen LogP contribution in [0.1, 0.15) is 31.4 Å². The average Bonchev–Trinajstić information content (AvgIpc) is 2.27. The molecule has 1 aromatic heterocycles. The highest BCUT2D eigenvalue weighted by molar-refractivity contribution is 5.76. The lowest BCUT2D eigenvalue weighted by Crippen LogP contribution is -2.26. The van der Waals surface area contributed by atoms with Crippen molar-refractivity contribution in [1.29, 1.82) is 0 Å². The lowest BCUT2D eigenvalue weighted by Gasteiger charge is -2.13. The molecule has 1 amide bonds. The standard InChI is InChI=1S/C11H17N3O/c1-9(10-4-7-13-8-5-10)14-11(15)3-2-6-12/h4-5,7-9H,2-3,6,12H2,1H3,(H,14,15). The third kappa shape index (κ3) is 4.08. The molecule has 1 atom stereocenters. The Kier molecular flexibility index (Phi) is 4.77. The Balaban J connectivity index is 2.42. The first-order chi connectivity index (χ1) is 7.24. The van der Waals surface area contributed by atoms with Gasteiger partial charge in [-0.25, -0.2) is 0 Å². The van der Waals surface area contributed by atoms with Gasteiger partial charge in [0.2, 0.25) is 5.91 Å². The molecule has 0 radical (unpaired) electrons. The van der Waals surface area contributed by atoms with E-state index in [-0.39, 0.29) is 11.9 Å². The molecule has 0 aliphatic carbocycles. The molecule has 0 aliphatic heterocycles. The van der Waals surface area contributed by atoms with Crippen LogP contribution < -0.4 is 11.1 Å². The molecule has 1 aromatic rings. The fourth-order valence-electron chi connectivity index (χ4n) is 1.31. The Labute approximate surface area is 89.9 Å². The Bertz CT molecular complexity index is 300. The highest BCUT2D eigenvalue weighted by atomic mass is 16.1. The highest BCUT2D eigenvalue weighted by Crippen LogP contribution is 2.10. The molecule has 0 aromatic carbocycles. The van der Waals surface area contributed by atoms with Gasteiger partial charge in [0, 0.05) is 18.8 Å². The molecule has 15 heavy (non-hydrogen) atoms. The molecule has 1 rings (SSSR count). The van der Waals surface area contributed by atoms with Crippen molar-refractivity contribution in [3.8, 4) is 0 Å². The van der Waals surface area contributed by atoms with Crippen LogP contribution in [0.5, 0.6) is 0 Å². The van der Waals surface area contributed by atoms with Crippen LogP contribution >= 0.6 is 0 Å². The van der Waals surface area contributed by atoms with Crippen LogP contribution in [0.4, 0.5) is 0 Å². The Morgan fingerprint density at radius 3 is 2.80 bits per heavy atom. The number of nitrogens with two attached hydrogens (primary N) is 1. The van der Waals surface area contributed by atoms with Crippen LogP contribution in [0.2, 0.25) is 0 Å². The normalized spacial score (nSPS) is 12.1. The molecule has 1 unspecified atom stereocenters. The monoisotopic (exact) mass is 207 g/mol. The van der Waals surface area contributed by atoms with E-state index in [0.717, 1.165) is 12.0 Å². The van der Waals surface area contributed by atoms with E-state index in [1.54, 1.807) is 12.4 Å². The molecule has 0 fully saturated rings. The van der Waals surface area contributed by atoms with Gasteiger partial charge in [-0.3, -0.25) is 9.78 Å². The summed E-state index contributed by atoms with van der Waals surface area (Å²) < 4.78 is 0. The molecule has 0 saturated heterocycles. The summed E-state index contributed by atoms with van der Waals surface area (Å²) in [5.74, 6) is 0.0461. The fourth-order valence-corrected chi connectivity index (χ4v) is 1.31. The van der Waals surface area contributed by atoms with E-state index in [0.29, 0.717) is 13.0 Å². The van der Waals surface area contributed by atoms with Crippen LogP contribution in [-0.4, -0.2) is 17.4 Å². The van der Waals surface area contributed by atoms with Crippen molar-refractivity contribution in [2.24, 2.45) is 5.73 Å². The molecule has 3 N–H and O–H groups in total. The molecule has 0 aliphatic rings. The van der Waals surface area contributed by atoms with Gasteiger partial charge in [0.05, 0.1) is 6.04 Å². The number of hydrogen-bond acceptors (Lipinski definition) is 3. The number of aromatic nitrogens is 1. The topological polar surface area (TPSA) is 68.0 Å². The van der Waals surface area contributed by atoms with Gasteiger partial charge in [-0.05, 0) is 37.6 Å². The lowest BCUT2D eigenvalue weighted by atomic mass is 10.1. The Hall–Kier alpha value is -1.42. The van der Waals surface area contributed by atoms with E-state index >= 15 is 0 Å². The average molecular weight is 207 g/mol. The smallest absolute Gasteiger partial charge is 0.220 e. The van der Waals surface area contributed by atoms with E-state index in [2.05, 4.69) is 10.3 Å². The van der Waals surface area contributed by atoms with Crippen LogP contribution in [-0.2, 0) is 4.79 Å². The summed E-state index contributed by atoms with van der Waals surface area (Å²) in [7, 11) is 0. The third-order valence-electron chi connectivity index (χ3n) is 2.19. The van der Waals surface area contributed by atoms with Gasteiger partial charge in [-0.15, -0.1) is 0 Å². The highest BCUT2D eigenvalue weighted by Gasteiger charge is 2.08. The summed E-state index contributed by atoms with van der Waals surface area (Å²) in [6.07, 6.45) is 4.66. The maximum absolute atomic E-state index is 11.4. The first-order valence-corrected chi connectivity index (χ1v) is 5.13. The first-order valence-electron chi connectivity index (χ1n) is 5.13. The second kappa shape index (κ2) is 6.14. The zero-order chi connectivity index (χ0) is 11.1. The summed E-state index contributed by atoms with van der Waals surface area (Å²) in [4.78, 5) is 15.3. The van der Waals surface area contributed by atoms with Crippen molar-refractivity contribution >= 4 is 5.91 Å². The number of nitrogens with zero attached hydrogens (tertiary/aromatic N) is 1. The number of carbonyl (C=O) groups is 1. The van der Waals surface area contributed by atoms with Crippen molar-refractivity contribution in [2.45, 2.75) is 25.8 Å². The van der Waals surface area contributed by atoms with Crippen LogP contribution in [0.25, 0.3) is 0 Å². The number of hydrogen-bond donors (Lipinski definition) is 2. The predicted molar refractivity (Wildman–Crippen MR) is 59.1 cm³/mol. The second-order valence-corrected chi connectivity index (χ2v) is 3.46. The van der Waals surface area contributed by atoms with Crippen LogP contribution in [0.15, 0.2) is 24.5 Å². The van der Waals surface area contributed by atoms with Gasteiger partial charge in [-0.2, -0.15) is 0 Å². The third-order valence-corrected chi connectivity index (χ3v) is 2.19. The second-order valence-electron chi connectivity index (χ2n) is 3.46. The van der Waals surface area contributed by atoms with E-state index in [9.17, 15) is 4.79 Å². The van der Waals surface area contributed by atoms with E-state index < -0.39 is 0 Å². The largest absolute Gasteiger partial charge is 0.350 e. The van der Waals surface area contributed by atoms with Gasteiger partial charge in [-0.1, -0.05) is 0 Å². The molecular formula is C11H17N3O. The number of amides is 1. The van der Waals surface area contributed by atoms with Gasteiger partial charge < -0.3 is 11.1 Å². The van der Waals surface area contributed by atoms with Crippen molar-refractivity contribution in [2.75, 3.05) is 6.54 Å². The summed E-state index contributed by atoms with van der Waals surface area (Å²) in [6.45, 7) is 2.51. The quantitative estimate of drug-likeness (QED) is 0.756. The zero-order valence-corrected chi connectivity index (χ0v) is 8.94. The Morgan fingerprint density at radius 1 is 1.53 bits per heavy atom. The molecule has 82 valence electrons. The molecule has 0 spiro atoms. The number of carbonyl (C=O) groups excluding carboxylic acids is 1. The first kappa shape index (κ1) is 11.7. The molecule has 0 saturated carbocycles. The van der Waals surface area contributed by atoms with Gasteiger partial charge in [0.1, 0.15) is 0 Å². The fraction of sp³-hybridized carbons (Fsp3) is 0.455. The van der Waals surface area contributed by atoms with Crippen molar-refractivity contribution in [3.63, 3.8) is 0 Å². The number of rotatable bonds is 5. The lowest BCUT2D eigenvalue weighted by molar-refractivity contribution is -0.121. The maximum Gasteiger partial charge on any atom is 0.220 e. The number of pyridine rings is 1. The van der Waals surface area contributed by atoms with Crippen molar-refractivity contribution in [3.05, 3.63) is 30.1 Å². The minimum Gasteiger partial charge on any atom is -0.350 e. The van der Waals surface area contributed by atoms with Gasteiger partial charge >= 0.3 is 0 Å². The molecule has 0 bridgehead atoms. The van der Waals surface area contributed by atoms with Crippen LogP contribution in [0.3, 0.4) is 0 Å². The minimum absolute atomic E-state index is 0.0262. The van der Waals surface area contributed by atoms with E-state index in [4.69, 9.17) is 5.73 Å². The predicted octanol–water partition coefficient (Wildman–Crippen LogP) is 0.998. The van der Waals surface area contributed by atoms with Gasteiger partial charge in [0.15, 0.2) is 0 Å².